The van der Waals surface area contributed by atoms with Gasteiger partial charge in [-0.25, -0.2) is 0 Å². The summed E-state index contributed by atoms with van der Waals surface area (Å²) in [6.45, 7) is 3.52. The Hall–Kier alpha value is -3.48. The fraction of sp³-hybridized carbons (Fsp3) is 0.200. The lowest BCUT2D eigenvalue weighted by atomic mass is 10.2. The van der Waals surface area contributed by atoms with Gasteiger partial charge < -0.3 is 4.90 Å². The number of benzene rings is 2. The lowest BCUT2D eigenvalue weighted by Gasteiger charge is -2.23. The van der Waals surface area contributed by atoms with Crippen LogP contribution in [0.4, 0.5) is 11.4 Å². The minimum atomic E-state index is -0.461. The summed E-state index contributed by atoms with van der Waals surface area (Å²) >= 11 is 0. The first kappa shape index (κ1) is 18.3. The maximum Gasteiger partial charge on any atom is 0.312 e. The SMILES string of the molecule is Cc1nn(CC(=O)N(Cc2ccccc2)c2ccccc2)c(C)c1[N+](=O)[O-]. The van der Waals surface area contributed by atoms with Crippen molar-refractivity contribution in [1.82, 2.24) is 9.78 Å². The van der Waals surface area contributed by atoms with E-state index in [0.29, 0.717) is 17.9 Å². The van der Waals surface area contributed by atoms with E-state index in [9.17, 15) is 14.9 Å². The molecule has 138 valence electrons. The average molecular weight is 364 g/mol. The van der Waals surface area contributed by atoms with Gasteiger partial charge in [0.15, 0.2) is 0 Å². The smallest absolute Gasteiger partial charge is 0.306 e. The highest BCUT2D eigenvalue weighted by atomic mass is 16.6. The van der Waals surface area contributed by atoms with Crippen molar-refractivity contribution in [2.75, 3.05) is 4.90 Å². The molecule has 0 fully saturated rings. The minimum absolute atomic E-state index is 0.0443. The Labute approximate surface area is 157 Å². The van der Waals surface area contributed by atoms with Gasteiger partial charge in [-0.05, 0) is 31.5 Å². The van der Waals surface area contributed by atoms with E-state index in [2.05, 4.69) is 5.10 Å². The molecule has 0 aliphatic carbocycles. The van der Waals surface area contributed by atoms with Gasteiger partial charge in [0, 0.05) is 5.69 Å². The van der Waals surface area contributed by atoms with Crippen LogP contribution in [0.1, 0.15) is 17.0 Å². The van der Waals surface area contributed by atoms with Crippen LogP contribution in [0.3, 0.4) is 0 Å². The van der Waals surface area contributed by atoms with Crippen molar-refractivity contribution in [3.05, 3.63) is 87.7 Å². The lowest BCUT2D eigenvalue weighted by Crippen LogP contribution is -2.34. The molecule has 7 heteroatoms. The zero-order valence-corrected chi connectivity index (χ0v) is 15.2. The zero-order chi connectivity index (χ0) is 19.4. The van der Waals surface area contributed by atoms with Crippen molar-refractivity contribution in [2.45, 2.75) is 26.9 Å². The average Bonchev–Trinajstić information content (AvgIpc) is 2.94. The lowest BCUT2D eigenvalue weighted by molar-refractivity contribution is -0.386. The van der Waals surface area contributed by atoms with Gasteiger partial charge in [-0.2, -0.15) is 5.10 Å². The number of amides is 1. The molecular weight excluding hydrogens is 344 g/mol. The normalized spacial score (nSPS) is 10.6. The fourth-order valence-electron chi connectivity index (χ4n) is 3.02. The number of hydrogen-bond donors (Lipinski definition) is 0. The molecule has 0 saturated carbocycles. The van der Waals surface area contributed by atoms with E-state index in [1.54, 1.807) is 18.7 Å². The molecule has 2 aromatic carbocycles. The van der Waals surface area contributed by atoms with Gasteiger partial charge in [0.25, 0.3) is 0 Å². The van der Waals surface area contributed by atoms with Crippen molar-refractivity contribution in [3.63, 3.8) is 0 Å². The van der Waals surface area contributed by atoms with Crippen LogP contribution in [0.15, 0.2) is 60.7 Å². The van der Waals surface area contributed by atoms with Gasteiger partial charge in [0.05, 0.1) is 11.5 Å². The summed E-state index contributed by atoms with van der Waals surface area (Å²) in [5, 5.41) is 15.4. The second-order valence-corrected chi connectivity index (χ2v) is 6.24. The summed E-state index contributed by atoms with van der Waals surface area (Å²) in [4.78, 5) is 25.5. The molecule has 0 aliphatic heterocycles. The van der Waals surface area contributed by atoms with Gasteiger partial charge >= 0.3 is 5.69 Å². The maximum absolute atomic E-state index is 13.1. The third-order valence-corrected chi connectivity index (χ3v) is 4.36. The second kappa shape index (κ2) is 7.82. The van der Waals surface area contributed by atoms with Crippen molar-refractivity contribution in [3.8, 4) is 0 Å². The molecule has 3 rings (SSSR count). The van der Waals surface area contributed by atoms with Crippen LogP contribution >= 0.6 is 0 Å². The second-order valence-electron chi connectivity index (χ2n) is 6.24. The number of carbonyl (C=O) groups is 1. The van der Waals surface area contributed by atoms with Crippen LogP contribution in [0.5, 0.6) is 0 Å². The zero-order valence-electron chi connectivity index (χ0n) is 15.2. The van der Waals surface area contributed by atoms with E-state index >= 15 is 0 Å². The molecule has 27 heavy (non-hydrogen) atoms. The maximum atomic E-state index is 13.1. The number of aryl methyl sites for hydroxylation is 1. The number of nitro groups is 1. The predicted molar refractivity (Wildman–Crippen MR) is 102 cm³/mol. The van der Waals surface area contributed by atoms with E-state index in [1.807, 2.05) is 60.7 Å². The van der Waals surface area contributed by atoms with E-state index < -0.39 is 4.92 Å². The summed E-state index contributed by atoms with van der Waals surface area (Å²) in [6.07, 6.45) is 0. The Morgan fingerprint density at radius 1 is 1.07 bits per heavy atom. The Kier molecular flexibility index (Phi) is 5.30. The largest absolute Gasteiger partial charge is 0.312 e. The molecular formula is C20H20N4O3. The molecule has 0 spiro atoms. The van der Waals surface area contributed by atoms with Gasteiger partial charge in [0.2, 0.25) is 5.91 Å². The first-order valence-electron chi connectivity index (χ1n) is 8.55. The number of carbonyl (C=O) groups excluding carboxylic acids is 1. The summed E-state index contributed by atoms with van der Waals surface area (Å²) in [6, 6.07) is 19.0. The molecule has 0 radical (unpaired) electrons. The summed E-state index contributed by atoms with van der Waals surface area (Å²) in [5.41, 5.74) is 2.40. The minimum Gasteiger partial charge on any atom is -0.306 e. The summed E-state index contributed by atoms with van der Waals surface area (Å²) < 4.78 is 1.40. The number of hydrogen-bond acceptors (Lipinski definition) is 4. The number of anilines is 1. The molecule has 1 amide bonds. The molecule has 0 atom stereocenters. The van der Waals surface area contributed by atoms with Crippen LogP contribution in [-0.2, 0) is 17.9 Å². The molecule has 0 N–H and O–H groups in total. The Morgan fingerprint density at radius 2 is 1.67 bits per heavy atom. The third kappa shape index (κ3) is 4.03. The summed E-state index contributed by atoms with van der Waals surface area (Å²) in [7, 11) is 0. The highest BCUT2D eigenvalue weighted by molar-refractivity contribution is 5.93. The Bertz CT molecular complexity index is 952. The molecule has 1 aromatic heterocycles. The van der Waals surface area contributed by atoms with Crippen LogP contribution in [0.2, 0.25) is 0 Å². The fourth-order valence-corrected chi connectivity index (χ4v) is 3.02. The van der Waals surface area contributed by atoms with Gasteiger partial charge in [-0.3, -0.25) is 19.6 Å². The molecule has 0 aliphatic rings. The third-order valence-electron chi connectivity index (χ3n) is 4.36. The number of nitrogens with zero attached hydrogens (tertiary/aromatic N) is 4. The van der Waals surface area contributed by atoms with Crippen molar-refractivity contribution in [1.29, 1.82) is 0 Å². The number of para-hydroxylation sites is 1. The van der Waals surface area contributed by atoms with Gasteiger partial charge in [0.1, 0.15) is 17.9 Å². The van der Waals surface area contributed by atoms with E-state index in [0.717, 1.165) is 11.3 Å². The standard InChI is InChI=1S/C20H20N4O3/c1-15-20(24(26)27)16(2)23(21-15)14-19(25)22(18-11-7-4-8-12-18)13-17-9-5-3-6-10-17/h3-12H,13-14H2,1-2H3. The van der Waals surface area contributed by atoms with Crippen molar-refractivity contribution < 1.29 is 9.72 Å². The Morgan fingerprint density at radius 3 is 2.22 bits per heavy atom. The van der Waals surface area contributed by atoms with Crippen LogP contribution < -0.4 is 4.90 Å². The van der Waals surface area contributed by atoms with E-state index in [1.165, 1.54) is 4.68 Å². The molecule has 0 unspecified atom stereocenters. The highest BCUT2D eigenvalue weighted by Crippen LogP contribution is 2.23. The van der Waals surface area contributed by atoms with Crippen molar-refractivity contribution >= 4 is 17.3 Å². The molecule has 1 heterocycles. The molecule has 0 bridgehead atoms. The van der Waals surface area contributed by atoms with Gasteiger partial charge in [-0.15, -0.1) is 0 Å². The topological polar surface area (TPSA) is 81.3 Å². The van der Waals surface area contributed by atoms with Crippen molar-refractivity contribution in [2.24, 2.45) is 0 Å². The first-order chi connectivity index (χ1) is 13.0. The van der Waals surface area contributed by atoms with E-state index in [4.69, 9.17) is 0 Å². The molecule has 0 saturated heterocycles. The van der Waals surface area contributed by atoms with Gasteiger partial charge in [-0.1, -0.05) is 48.5 Å². The van der Waals surface area contributed by atoms with E-state index in [-0.39, 0.29) is 18.1 Å². The van der Waals surface area contributed by atoms with Crippen LogP contribution in [0, 0.1) is 24.0 Å². The molecule has 3 aromatic rings. The number of rotatable bonds is 6. The highest BCUT2D eigenvalue weighted by Gasteiger charge is 2.24. The monoisotopic (exact) mass is 364 g/mol. The predicted octanol–water partition coefficient (Wildman–Crippen LogP) is 3.64. The van der Waals surface area contributed by atoms with Crippen LogP contribution in [0.25, 0.3) is 0 Å². The quantitative estimate of drug-likeness (QED) is 0.494. The first-order valence-corrected chi connectivity index (χ1v) is 8.55. The number of aromatic nitrogens is 2. The van der Waals surface area contributed by atoms with Crippen LogP contribution in [-0.4, -0.2) is 20.6 Å². The summed E-state index contributed by atoms with van der Waals surface area (Å²) in [5.74, 6) is -0.189. The molecule has 7 nitrogen and oxygen atoms in total. The Balaban J connectivity index is 1.90.